The predicted molar refractivity (Wildman–Crippen MR) is 135 cm³/mol. The Kier molecular flexibility index (Phi) is 7.59. The highest BCUT2D eigenvalue weighted by Crippen LogP contribution is 2.37. The third-order valence-electron chi connectivity index (χ3n) is 6.11. The van der Waals surface area contributed by atoms with Gasteiger partial charge in [-0.15, -0.1) is 10.2 Å². The Morgan fingerprint density at radius 3 is 2.61 bits per heavy atom. The van der Waals surface area contributed by atoms with Gasteiger partial charge < -0.3 is 19.4 Å². The van der Waals surface area contributed by atoms with Gasteiger partial charge in [0.1, 0.15) is 17.8 Å². The topological polar surface area (TPSA) is 91.2 Å². The number of aryl methyl sites for hydroxylation is 1. The molecule has 8 nitrogen and oxygen atoms in total. The highest BCUT2D eigenvalue weighted by atomic mass is 19.4. The fourth-order valence-electron chi connectivity index (χ4n) is 4.12. The minimum atomic E-state index is -4.62. The zero-order chi connectivity index (χ0) is 27.6. The Morgan fingerprint density at radius 2 is 2.00 bits per heavy atom. The molecule has 0 unspecified atom stereocenters. The van der Waals surface area contributed by atoms with Gasteiger partial charge >= 0.3 is 12.1 Å². The molecule has 1 aliphatic heterocycles. The molecular formula is C27H30F3N5O3. The number of hydrogen-bond donors (Lipinski definition) is 1. The van der Waals surface area contributed by atoms with Gasteiger partial charge in [0.05, 0.1) is 31.0 Å². The van der Waals surface area contributed by atoms with Gasteiger partial charge in [-0.1, -0.05) is 12.1 Å². The average molecular weight is 530 g/mol. The molecule has 11 heteroatoms. The van der Waals surface area contributed by atoms with E-state index in [0.717, 1.165) is 23.5 Å². The minimum absolute atomic E-state index is 0.138. The Bertz CT molecular complexity index is 1320. The molecule has 0 spiro atoms. The van der Waals surface area contributed by atoms with E-state index in [4.69, 9.17) is 9.47 Å². The summed E-state index contributed by atoms with van der Waals surface area (Å²) < 4.78 is 54.1. The van der Waals surface area contributed by atoms with E-state index in [-0.39, 0.29) is 23.2 Å². The third kappa shape index (κ3) is 6.58. The molecule has 0 bridgehead atoms. The first-order valence-corrected chi connectivity index (χ1v) is 12.1. The summed E-state index contributed by atoms with van der Waals surface area (Å²) in [6, 6.07) is 8.53. The summed E-state index contributed by atoms with van der Waals surface area (Å²) >= 11 is 0. The first-order valence-electron chi connectivity index (χ1n) is 12.1. The van der Waals surface area contributed by atoms with Gasteiger partial charge in [0, 0.05) is 36.8 Å². The molecule has 0 saturated carbocycles. The number of esters is 1. The molecule has 1 N–H and O–H groups in total. The number of halogens is 3. The molecule has 0 aliphatic carbocycles. The molecule has 0 radical (unpaired) electrons. The van der Waals surface area contributed by atoms with Crippen LogP contribution < -0.4 is 5.32 Å². The van der Waals surface area contributed by atoms with Gasteiger partial charge in [-0.2, -0.15) is 13.2 Å². The normalized spacial score (nSPS) is 15.3. The molecule has 3 aromatic rings. The number of aromatic nitrogens is 4. The Hall–Kier alpha value is -3.73. The minimum Gasteiger partial charge on any atom is -0.457 e. The SMILES string of the molecule is Cn1cnnc1CC1(c2cccc(NCc3ncc(/C=C/C(=O)OC(C)(C)C)cc3C(F)(F)F)c2)COC1. The van der Waals surface area contributed by atoms with E-state index < -0.39 is 23.3 Å². The van der Waals surface area contributed by atoms with Crippen LogP contribution in [0.1, 0.15) is 49.0 Å². The largest absolute Gasteiger partial charge is 0.457 e. The highest BCUT2D eigenvalue weighted by Gasteiger charge is 2.42. The lowest BCUT2D eigenvalue weighted by atomic mass is 9.75. The van der Waals surface area contributed by atoms with Gasteiger partial charge in [0.2, 0.25) is 0 Å². The van der Waals surface area contributed by atoms with Crippen molar-refractivity contribution in [1.29, 1.82) is 0 Å². The fourth-order valence-corrected chi connectivity index (χ4v) is 4.12. The number of nitrogens with one attached hydrogen (secondary N) is 1. The summed E-state index contributed by atoms with van der Waals surface area (Å²) in [7, 11) is 1.88. The standard InChI is InChI=1S/C27H30F3N5O3/c1-25(2,3)38-24(36)9-8-18-10-21(27(28,29)30)22(32-13-18)14-31-20-7-5-6-19(11-20)26(15-37-16-26)12-23-34-33-17-35(23)4/h5-11,13,17,31H,12,14-16H2,1-4H3/b9-8+. The Morgan fingerprint density at radius 1 is 1.24 bits per heavy atom. The van der Waals surface area contributed by atoms with E-state index in [1.807, 2.05) is 29.8 Å². The third-order valence-corrected chi connectivity index (χ3v) is 6.11. The predicted octanol–water partition coefficient (Wildman–Crippen LogP) is 4.71. The number of anilines is 1. The number of alkyl halides is 3. The maximum absolute atomic E-state index is 13.9. The van der Waals surface area contributed by atoms with Crippen LogP contribution in [0.3, 0.4) is 0 Å². The van der Waals surface area contributed by atoms with Crippen LogP contribution in [0.5, 0.6) is 0 Å². The van der Waals surface area contributed by atoms with Crippen molar-refractivity contribution in [3.8, 4) is 0 Å². The van der Waals surface area contributed by atoms with Gasteiger partial charge in [-0.05, 0) is 56.2 Å². The van der Waals surface area contributed by atoms with Crippen LogP contribution in [-0.2, 0) is 45.9 Å². The lowest BCUT2D eigenvalue weighted by Gasteiger charge is -2.41. The van der Waals surface area contributed by atoms with Crippen LogP contribution in [-0.4, -0.2) is 44.5 Å². The first-order chi connectivity index (χ1) is 17.8. The first kappa shape index (κ1) is 27.3. The van der Waals surface area contributed by atoms with Gasteiger partial charge in [-0.3, -0.25) is 4.98 Å². The summed E-state index contributed by atoms with van der Waals surface area (Å²) in [5.74, 6) is 0.178. The van der Waals surface area contributed by atoms with Crippen LogP contribution in [0.4, 0.5) is 18.9 Å². The van der Waals surface area contributed by atoms with Crippen molar-refractivity contribution >= 4 is 17.7 Å². The second kappa shape index (κ2) is 10.6. The molecule has 2 aromatic heterocycles. The maximum atomic E-state index is 13.9. The van der Waals surface area contributed by atoms with Crippen molar-refractivity contribution in [2.24, 2.45) is 7.05 Å². The molecule has 4 rings (SSSR count). The molecule has 0 amide bonds. The maximum Gasteiger partial charge on any atom is 0.418 e. The van der Waals surface area contributed by atoms with E-state index in [1.54, 1.807) is 33.2 Å². The number of hydrogen-bond acceptors (Lipinski definition) is 7. The second-order valence-electron chi connectivity index (χ2n) is 10.4. The van der Waals surface area contributed by atoms with Crippen molar-refractivity contribution in [3.63, 3.8) is 0 Å². The Balaban J connectivity index is 1.50. The lowest BCUT2D eigenvalue weighted by molar-refractivity contribution is -0.148. The quantitative estimate of drug-likeness (QED) is 0.334. The number of carbonyl (C=O) groups is 1. The van der Waals surface area contributed by atoms with E-state index in [1.165, 1.54) is 12.3 Å². The average Bonchev–Trinajstić information content (AvgIpc) is 3.21. The lowest BCUT2D eigenvalue weighted by Crippen LogP contribution is -2.49. The van der Waals surface area contributed by atoms with Crippen LogP contribution >= 0.6 is 0 Å². The number of carbonyl (C=O) groups excluding carboxylic acids is 1. The monoisotopic (exact) mass is 529 g/mol. The van der Waals surface area contributed by atoms with Crippen molar-refractivity contribution in [2.45, 2.75) is 50.9 Å². The zero-order valence-electron chi connectivity index (χ0n) is 21.7. The van der Waals surface area contributed by atoms with Crippen LogP contribution in [0, 0.1) is 0 Å². The van der Waals surface area contributed by atoms with Gasteiger partial charge in [-0.25, -0.2) is 4.79 Å². The summed E-state index contributed by atoms with van der Waals surface area (Å²) in [4.78, 5) is 15.9. The van der Waals surface area contributed by atoms with E-state index in [2.05, 4.69) is 20.5 Å². The zero-order valence-corrected chi connectivity index (χ0v) is 21.7. The number of pyridine rings is 1. The Labute approximate surface area is 218 Å². The molecule has 1 aromatic carbocycles. The summed E-state index contributed by atoms with van der Waals surface area (Å²) in [5, 5.41) is 11.2. The van der Waals surface area contributed by atoms with Crippen molar-refractivity contribution in [2.75, 3.05) is 18.5 Å². The summed E-state index contributed by atoms with van der Waals surface area (Å²) in [6.45, 7) is 6.01. The number of rotatable bonds is 8. The van der Waals surface area contributed by atoms with Crippen LogP contribution in [0.25, 0.3) is 6.08 Å². The van der Waals surface area contributed by atoms with Gasteiger partial charge in [0.25, 0.3) is 0 Å². The summed E-state index contributed by atoms with van der Waals surface area (Å²) in [6.07, 6.45) is 1.30. The summed E-state index contributed by atoms with van der Waals surface area (Å²) in [5.41, 5.74) is -0.208. The smallest absolute Gasteiger partial charge is 0.418 e. The van der Waals surface area contributed by atoms with Crippen molar-refractivity contribution < 1.29 is 27.4 Å². The van der Waals surface area contributed by atoms with E-state index in [0.29, 0.717) is 25.3 Å². The van der Waals surface area contributed by atoms with Crippen molar-refractivity contribution in [1.82, 2.24) is 19.7 Å². The van der Waals surface area contributed by atoms with Crippen LogP contribution in [0.15, 0.2) is 48.9 Å². The molecule has 38 heavy (non-hydrogen) atoms. The van der Waals surface area contributed by atoms with Crippen molar-refractivity contribution in [3.05, 3.63) is 77.1 Å². The number of ether oxygens (including phenoxy) is 2. The molecule has 0 atom stereocenters. The molecule has 1 fully saturated rings. The number of nitrogens with zero attached hydrogens (tertiary/aromatic N) is 4. The molecular weight excluding hydrogens is 499 g/mol. The molecule has 1 saturated heterocycles. The van der Waals surface area contributed by atoms with Crippen LogP contribution in [0.2, 0.25) is 0 Å². The van der Waals surface area contributed by atoms with E-state index >= 15 is 0 Å². The molecule has 202 valence electrons. The number of benzene rings is 1. The molecule has 3 heterocycles. The van der Waals surface area contributed by atoms with E-state index in [9.17, 15) is 18.0 Å². The van der Waals surface area contributed by atoms with Gasteiger partial charge in [0.15, 0.2) is 0 Å². The highest BCUT2D eigenvalue weighted by molar-refractivity contribution is 5.87. The molecule has 1 aliphatic rings. The second-order valence-corrected chi connectivity index (χ2v) is 10.4. The fraction of sp³-hybridized carbons (Fsp3) is 0.407.